The first-order valence-electron chi connectivity index (χ1n) is 8.32. The number of thiazole rings is 1. The second kappa shape index (κ2) is 7.42. The summed E-state index contributed by atoms with van der Waals surface area (Å²) in [7, 11) is 0. The molecule has 1 N–H and O–H groups in total. The van der Waals surface area contributed by atoms with E-state index >= 15 is 0 Å². The number of rotatable bonds is 5. The second-order valence-corrected chi connectivity index (χ2v) is 7.02. The van der Waals surface area contributed by atoms with Crippen molar-refractivity contribution in [3.8, 4) is 17.0 Å². The number of hydrogen-bond donors (Lipinski definition) is 1. The van der Waals surface area contributed by atoms with E-state index in [0.29, 0.717) is 33.6 Å². The Morgan fingerprint density at radius 3 is 2.93 bits per heavy atom. The van der Waals surface area contributed by atoms with Crippen LogP contribution in [0.25, 0.3) is 22.2 Å². The lowest BCUT2D eigenvalue weighted by molar-refractivity contribution is 0.342. The largest absolute Gasteiger partial charge is 0.492 e. The molecule has 2 heterocycles. The summed E-state index contributed by atoms with van der Waals surface area (Å²) in [5.41, 5.74) is 1.82. The third-order valence-electron chi connectivity index (χ3n) is 3.90. The number of aromatic nitrogens is 1. The van der Waals surface area contributed by atoms with Crippen molar-refractivity contribution < 1.29 is 9.15 Å². The van der Waals surface area contributed by atoms with Crippen molar-refractivity contribution >= 4 is 44.7 Å². The fraction of sp³-hybridized carbons (Fsp3) is 0.100. The van der Waals surface area contributed by atoms with Gasteiger partial charge in [-0.3, -0.25) is 0 Å². The Kier molecular flexibility index (Phi) is 4.83. The lowest BCUT2D eigenvalue weighted by Gasteiger charge is -2.09. The molecule has 5 nitrogen and oxygen atoms in total. The molecule has 0 fully saturated rings. The maximum atomic E-state index is 12.3. The number of anilines is 2. The van der Waals surface area contributed by atoms with Crippen molar-refractivity contribution in [1.82, 2.24) is 4.98 Å². The summed E-state index contributed by atoms with van der Waals surface area (Å²) in [4.78, 5) is 16.9. The minimum atomic E-state index is -0.434. The summed E-state index contributed by atoms with van der Waals surface area (Å²) in [5.74, 6) is 0.747. The lowest BCUT2D eigenvalue weighted by atomic mass is 10.1. The maximum Gasteiger partial charge on any atom is 0.345 e. The molecule has 0 amide bonds. The molecule has 0 bridgehead atoms. The van der Waals surface area contributed by atoms with E-state index in [1.807, 2.05) is 36.6 Å². The van der Waals surface area contributed by atoms with Gasteiger partial charge in [0, 0.05) is 15.8 Å². The van der Waals surface area contributed by atoms with Gasteiger partial charge in [0.05, 0.1) is 23.6 Å². The number of hydrogen-bond acceptors (Lipinski definition) is 6. The summed E-state index contributed by atoms with van der Waals surface area (Å²) >= 11 is 7.44. The second-order valence-electron chi connectivity index (χ2n) is 5.72. The van der Waals surface area contributed by atoms with Crippen LogP contribution in [0.5, 0.6) is 5.75 Å². The van der Waals surface area contributed by atoms with Gasteiger partial charge in [-0.1, -0.05) is 23.7 Å². The topological polar surface area (TPSA) is 64.4 Å². The highest BCUT2D eigenvalue weighted by molar-refractivity contribution is 7.14. The molecule has 0 aliphatic rings. The molecule has 7 heteroatoms. The maximum absolute atomic E-state index is 12.3. The molecule has 136 valence electrons. The summed E-state index contributed by atoms with van der Waals surface area (Å²) in [6, 6.07) is 14.5. The van der Waals surface area contributed by atoms with Gasteiger partial charge in [0.15, 0.2) is 5.13 Å². The number of nitrogens with one attached hydrogen (secondary N) is 1. The first-order valence-corrected chi connectivity index (χ1v) is 9.58. The van der Waals surface area contributed by atoms with Gasteiger partial charge in [-0.2, -0.15) is 0 Å². The van der Waals surface area contributed by atoms with E-state index in [1.54, 1.807) is 24.3 Å². The van der Waals surface area contributed by atoms with Crippen molar-refractivity contribution in [2.75, 3.05) is 11.9 Å². The zero-order valence-electron chi connectivity index (χ0n) is 14.4. The molecule has 2 aromatic heterocycles. The average Bonchev–Trinajstić information content (AvgIpc) is 3.11. The van der Waals surface area contributed by atoms with Crippen LogP contribution in [0.1, 0.15) is 6.92 Å². The van der Waals surface area contributed by atoms with Gasteiger partial charge in [0.2, 0.25) is 0 Å². The summed E-state index contributed by atoms with van der Waals surface area (Å²) in [6.45, 7) is 2.51. The third-order valence-corrected chi connectivity index (χ3v) is 4.90. The van der Waals surface area contributed by atoms with E-state index in [2.05, 4.69) is 10.3 Å². The molecule has 0 unspecified atom stereocenters. The quantitative estimate of drug-likeness (QED) is 0.436. The molecular weight excluding hydrogens is 384 g/mol. The Bertz CT molecular complexity index is 1170. The van der Waals surface area contributed by atoms with Gasteiger partial charge in [-0.15, -0.1) is 11.3 Å². The highest BCUT2D eigenvalue weighted by Crippen LogP contribution is 2.31. The van der Waals surface area contributed by atoms with Crippen molar-refractivity contribution in [2.24, 2.45) is 0 Å². The van der Waals surface area contributed by atoms with Crippen molar-refractivity contribution in [3.05, 3.63) is 69.4 Å². The summed E-state index contributed by atoms with van der Waals surface area (Å²) < 4.78 is 11.0. The SMILES string of the molecule is CCOc1ccccc1Nc1nc(-c2cc3cc(Cl)ccc3oc2=O)cs1. The molecule has 0 aliphatic carbocycles. The molecule has 4 rings (SSSR count). The molecule has 0 radical (unpaired) electrons. The Hall–Kier alpha value is -2.83. The van der Waals surface area contributed by atoms with Crippen LogP contribution in [0.3, 0.4) is 0 Å². The molecule has 0 saturated heterocycles. The van der Waals surface area contributed by atoms with Crippen LogP contribution in [0.4, 0.5) is 10.8 Å². The Morgan fingerprint density at radius 2 is 2.07 bits per heavy atom. The molecule has 4 aromatic rings. The van der Waals surface area contributed by atoms with Crippen molar-refractivity contribution in [1.29, 1.82) is 0 Å². The van der Waals surface area contributed by atoms with Gasteiger partial charge >= 0.3 is 5.63 Å². The molecular formula is C20H15ClN2O3S. The van der Waals surface area contributed by atoms with Crippen LogP contribution in [-0.2, 0) is 0 Å². The Labute approximate surface area is 164 Å². The molecule has 2 aromatic carbocycles. The standard InChI is InChI=1S/C20H15ClN2O3S/c1-2-25-18-6-4-3-5-15(18)22-20-23-16(11-27-20)14-10-12-9-13(21)7-8-17(12)26-19(14)24/h3-11H,2H2,1H3,(H,22,23). The zero-order valence-corrected chi connectivity index (χ0v) is 15.9. The Morgan fingerprint density at radius 1 is 1.22 bits per heavy atom. The molecule has 27 heavy (non-hydrogen) atoms. The molecule has 0 atom stereocenters. The number of halogens is 1. The highest BCUT2D eigenvalue weighted by Gasteiger charge is 2.13. The smallest absolute Gasteiger partial charge is 0.345 e. The van der Waals surface area contributed by atoms with Gasteiger partial charge < -0.3 is 14.5 Å². The monoisotopic (exact) mass is 398 g/mol. The van der Waals surface area contributed by atoms with Gasteiger partial charge in [0.1, 0.15) is 11.3 Å². The van der Waals surface area contributed by atoms with Crippen LogP contribution in [0.15, 0.2) is 63.1 Å². The van der Waals surface area contributed by atoms with Crippen molar-refractivity contribution in [3.63, 3.8) is 0 Å². The number of benzene rings is 2. The van der Waals surface area contributed by atoms with E-state index in [4.69, 9.17) is 20.8 Å². The predicted molar refractivity (Wildman–Crippen MR) is 109 cm³/mol. The summed E-state index contributed by atoms with van der Waals surface area (Å²) in [5, 5.41) is 7.04. The van der Waals surface area contributed by atoms with E-state index in [0.717, 1.165) is 16.8 Å². The van der Waals surface area contributed by atoms with Crippen molar-refractivity contribution in [2.45, 2.75) is 6.92 Å². The molecule has 0 spiro atoms. The Balaban J connectivity index is 1.68. The number of para-hydroxylation sites is 2. The fourth-order valence-electron chi connectivity index (χ4n) is 2.69. The van der Waals surface area contributed by atoms with E-state index in [-0.39, 0.29) is 0 Å². The lowest BCUT2D eigenvalue weighted by Crippen LogP contribution is -2.03. The van der Waals surface area contributed by atoms with Crippen LogP contribution in [-0.4, -0.2) is 11.6 Å². The van der Waals surface area contributed by atoms with Crippen LogP contribution in [0, 0.1) is 0 Å². The average molecular weight is 399 g/mol. The van der Waals surface area contributed by atoms with Gasteiger partial charge in [-0.05, 0) is 43.3 Å². The van der Waals surface area contributed by atoms with E-state index < -0.39 is 5.63 Å². The highest BCUT2D eigenvalue weighted by atomic mass is 35.5. The van der Waals surface area contributed by atoms with E-state index in [9.17, 15) is 4.79 Å². The molecule has 0 saturated carbocycles. The minimum Gasteiger partial charge on any atom is -0.492 e. The van der Waals surface area contributed by atoms with Gasteiger partial charge in [0.25, 0.3) is 0 Å². The van der Waals surface area contributed by atoms with Crippen LogP contribution < -0.4 is 15.7 Å². The van der Waals surface area contributed by atoms with Crippen LogP contribution in [0.2, 0.25) is 5.02 Å². The fourth-order valence-corrected chi connectivity index (χ4v) is 3.60. The predicted octanol–water partition coefficient (Wildman–Crippen LogP) is 5.71. The number of ether oxygens (including phenoxy) is 1. The molecule has 0 aliphatic heterocycles. The van der Waals surface area contributed by atoms with E-state index in [1.165, 1.54) is 11.3 Å². The first-order chi connectivity index (χ1) is 13.1. The van der Waals surface area contributed by atoms with Gasteiger partial charge in [-0.25, -0.2) is 9.78 Å². The number of nitrogens with zero attached hydrogens (tertiary/aromatic N) is 1. The van der Waals surface area contributed by atoms with Crippen LogP contribution >= 0.6 is 22.9 Å². The number of fused-ring (bicyclic) bond motifs is 1. The zero-order chi connectivity index (χ0) is 18.8. The first kappa shape index (κ1) is 17.6. The summed E-state index contributed by atoms with van der Waals surface area (Å²) in [6.07, 6.45) is 0. The normalized spacial score (nSPS) is 10.9. The minimum absolute atomic E-state index is 0.396. The third kappa shape index (κ3) is 3.67.